The molecule has 0 fully saturated rings. The molecule has 1 aromatic heterocycles. The van der Waals surface area contributed by atoms with Gasteiger partial charge in [0.2, 0.25) is 0 Å². The minimum Gasteiger partial charge on any atom is -0.367 e. The highest BCUT2D eigenvalue weighted by atomic mass is 15.4. The zero-order valence-corrected chi connectivity index (χ0v) is 17.3. The fourth-order valence-electron chi connectivity index (χ4n) is 4.26. The SMILES string of the molecule is CCC(CC)Nc1c2c(nn1C)N(C1=C(C)CC=C(C)C=C1C)CCC2. The molecule has 0 bridgehead atoms. The first-order valence-corrected chi connectivity index (χ1v) is 10.1. The maximum absolute atomic E-state index is 4.95. The Hall–Kier alpha value is -1.97. The van der Waals surface area contributed by atoms with Crippen molar-refractivity contribution in [3.05, 3.63) is 40.1 Å². The molecule has 0 spiro atoms. The van der Waals surface area contributed by atoms with Crippen LogP contribution in [0, 0.1) is 0 Å². The van der Waals surface area contributed by atoms with Gasteiger partial charge >= 0.3 is 0 Å². The Kier molecular flexibility index (Phi) is 5.59. The van der Waals surface area contributed by atoms with Crippen molar-refractivity contribution in [2.75, 3.05) is 16.8 Å². The molecule has 0 atom stereocenters. The molecule has 1 aliphatic carbocycles. The third-order valence-corrected chi connectivity index (χ3v) is 5.74. The maximum atomic E-state index is 4.95. The summed E-state index contributed by atoms with van der Waals surface area (Å²) < 4.78 is 2.05. The lowest BCUT2D eigenvalue weighted by Crippen LogP contribution is -2.30. The van der Waals surface area contributed by atoms with Gasteiger partial charge in [-0.15, -0.1) is 0 Å². The zero-order valence-electron chi connectivity index (χ0n) is 17.3. The van der Waals surface area contributed by atoms with Crippen LogP contribution in [0.5, 0.6) is 0 Å². The Morgan fingerprint density at radius 2 is 1.92 bits per heavy atom. The van der Waals surface area contributed by atoms with Crippen LogP contribution in [0.4, 0.5) is 11.6 Å². The summed E-state index contributed by atoms with van der Waals surface area (Å²) >= 11 is 0. The second-order valence-electron chi connectivity index (χ2n) is 7.80. The number of fused-ring (bicyclic) bond motifs is 1. The highest BCUT2D eigenvalue weighted by Crippen LogP contribution is 2.38. The van der Waals surface area contributed by atoms with Gasteiger partial charge in [-0.3, -0.25) is 4.68 Å². The van der Waals surface area contributed by atoms with Crippen LogP contribution < -0.4 is 10.2 Å². The van der Waals surface area contributed by atoms with E-state index in [1.165, 1.54) is 40.2 Å². The molecular weight excluding hydrogens is 320 g/mol. The molecule has 2 heterocycles. The van der Waals surface area contributed by atoms with Crippen molar-refractivity contribution >= 4 is 11.6 Å². The second kappa shape index (κ2) is 7.73. The van der Waals surface area contributed by atoms with Gasteiger partial charge in [-0.05, 0) is 64.0 Å². The van der Waals surface area contributed by atoms with E-state index in [9.17, 15) is 0 Å². The molecule has 0 saturated carbocycles. The number of hydrogen-bond donors (Lipinski definition) is 1. The predicted octanol–water partition coefficient (Wildman–Crippen LogP) is 5.34. The maximum Gasteiger partial charge on any atom is 0.160 e. The van der Waals surface area contributed by atoms with E-state index in [1.807, 2.05) is 0 Å². The van der Waals surface area contributed by atoms with Crippen LogP contribution in [0.25, 0.3) is 0 Å². The fraction of sp³-hybridized carbons (Fsp3) is 0.591. The van der Waals surface area contributed by atoms with Crippen LogP contribution in [0.3, 0.4) is 0 Å². The van der Waals surface area contributed by atoms with E-state index in [-0.39, 0.29) is 0 Å². The molecule has 0 amide bonds. The van der Waals surface area contributed by atoms with Gasteiger partial charge in [0, 0.05) is 30.9 Å². The zero-order chi connectivity index (χ0) is 18.8. The molecule has 142 valence electrons. The van der Waals surface area contributed by atoms with Crippen molar-refractivity contribution in [2.45, 2.75) is 72.8 Å². The van der Waals surface area contributed by atoms with Crippen molar-refractivity contribution in [2.24, 2.45) is 7.05 Å². The largest absolute Gasteiger partial charge is 0.367 e. The number of aryl methyl sites for hydroxylation is 1. The number of nitrogens with one attached hydrogen (secondary N) is 1. The smallest absolute Gasteiger partial charge is 0.160 e. The van der Waals surface area contributed by atoms with E-state index in [0.717, 1.165) is 38.0 Å². The van der Waals surface area contributed by atoms with E-state index < -0.39 is 0 Å². The van der Waals surface area contributed by atoms with Gasteiger partial charge in [-0.1, -0.05) is 31.6 Å². The predicted molar refractivity (Wildman–Crippen MR) is 112 cm³/mol. The third kappa shape index (κ3) is 3.46. The number of allylic oxidation sites excluding steroid dienone is 5. The quantitative estimate of drug-likeness (QED) is 0.774. The Labute approximate surface area is 158 Å². The van der Waals surface area contributed by atoms with Crippen LogP contribution in [0.2, 0.25) is 0 Å². The van der Waals surface area contributed by atoms with Crippen molar-refractivity contribution in [1.29, 1.82) is 0 Å². The van der Waals surface area contributed by atoms with Gasteiger partial charge in [-0.25, -0.2) is 0 Å². The van der Waals surface area contributed by atoms with Crippen molar-refractivity contribution in [3.8, 4) is 0 Å². The summed E-state index contributed by atoms with van der Waals surface area (Å²) in [5.41, 5.74) is 6.88. The Balaban J connectivity index is 2.01. The molecule has 1 aromatic rings. The van der Waals surface area contributed by atoms with Crippen LogP contribution in [0.15, 0.2) is 34.6 Å². The van der Waals surface area contributed by atoms with Crippen molar-refractivity contribution in [1.82, 2.24) is 9.78 Å². The van der Waals surface area contributed by atoms with Crippen LogP contribution in [-0.4, -0.2) is 22.4 Å². The molecule has 0 aromatic carbocycles. The first kappa shape index (κ1) is 18.8. The first-order chi connectivity index (χ1) is 12.5. The summed E-state index contributed by atoms with van der Waals surface area (Å²) in [6, 6.07) is 0.511. The van der Waals surface area contributed by atoms with Gasteiger partial charge < -0.3 is 10.2 Å². The number of hydrogen-bond acceptors (Lipinski definition) is 3. The second-order valence-corrected chi connectivity index (χ2v) is 7.80. The monoisotopic (exact) mass is 354 g/mol. The Bertz CT molecular complexity index is 759. The van der Waals surface area contributed by atoms with E-state index in [2.05, 4.69) is 68.7 Å². The molecule has 1 aliphatic heterocycles. The molecule has 1 N–H and O–H groups in total. The normalized spacial score (nSPS) is 17.9. The van der Waals surface area contributed by atoms with E-state index in [1.54, 1.807) is 0 Å². The third-order valence-electron chi connectivity index (χ3n) is 5.74. The Morgan fingerprint density at radius 1 is 1.19 bits per heavy atom. The molecule has 4 heteroatoms. The number of aromatic nitrogens is 2. The van der Waals surface area contributed by atoms with Crippen LogP contribution in [-0.2, 0) is 13.5 Å². The van der Waals surface area contributed by atoms with Gasteiger partial charge in [0.1, 0.15) is 5.82 Å². The van der Waals surface area contributed by atoms with Crippen LogP contribution >= 0.6 is 0 Å². The average molecular weight is 355 g/mol. The number of nitrogens with zero attached hydrogens (tertiary/aromatic N) is 3. The lowest BCUT2D eigenvalue weighted by atomic mass is 10.0. The minimum absolute atomic E-state index is 0.511. The topological polar surface area (TPSA) is 33.1 Å². The molecule has 2 aliphatic rings. The van der Waals surface area contributed by atoms with Gasteiger partial charge in [0.05, 0.1) is 0 Å². The van der Waals surface area contributed by atoms with Gasteiger partial charge in [-0.2, -0.15) is 5.10 Å². The molecule has 0 radical (unpaired) electrons. The molecule has 4 nitrogen and oxygen atoms in total. The molecule has 0 saturated heterocycles. The van der Waals surface area contributed by atoms with E-state index >= 15 is 0 Å². The fourth-order valence-corrected chi connectivity index (χ4v) is 4.26. The molecule has 0 unspecified atom stereocenters. The molecule has 3 rings (SSSR count). The number of rotatable bonds is 5. The number of anilines is 2. The summed E-state index contributed by atoms with van der Waals surface area (Å²) in [4.78, 5) is 2.46. The van der Waals surface area contributed by atoms with Gasteiger partial charge in [0.25, 0.3) is 0 Å². The lowest BCUT2D eigenvalue weighted by Gasteiger charge is -2.32. The Morgan fingerprint density at radius 3 is 2.62 bits per heavy atom. The average Bonchev–Trinajstić information content (AvgIpc) is 2.87. The standard InChI is InChI=1S/C22H34N4/c1-7-18(8-2)23-21-19-10-9-13-26(22(19)24-25(21)6)20-16(4)12-11-15(3)14-17(20)5/h11,14,18,23H,7-10,12-13H2,1-6H3. The highest BCUT2D eigenvalue weighted by Gasteiger charge is 2.29. The summed E-state index contributed by atoms with van der Waals surface area (Å²) in [6.45, 7) is 12.2. The van der Waals surface area contributed by atoms with Crippen LogP contribution in [0.1, 0.15) is 65.9 Å². The van der Waals surface area contributed by atoms with E-state index in [4.69, 9.17) is 5.10 Å². The van der Waals surface area contributed by atoms with Crippen molar-refractivity contribution in [3.63, 3.8) is 0 Å². The summed E-state index contributed by atoms with van der Waals surface area (Å²) in [7, 11) is 2.07. The van der Waals surface area contributed by atoms with Gasteiger partial charge in [0.15, 0.2) is 5.82 Å². The van der Waals surface area contributed by atoms with E-state index in [0.29, 0.717) is 6.04 Å². The molecular formula is C22H34N4. The van der Waals surface area contributed by atoms with Crippen molar-refractivity contribution < 1.29 is 0 Å². The molecule has 26 heavy (non-hydrogen) atoms. The summed E-state index contributed by atoms with van der Waals surface area (Å²) in [5, 5.41) is 8.70. The first-order valence-electron chi connectivity index (χ1n) is 10.1. The summed E-state index contributed by atoms with van der Waals surface area (Å²) in [6.07, 6.45) is 10.2. The minimum atomic E-state index is 0.511. The lowest BCUT2D eigenvalue weighted by molar-refractivity contribution is 0.652. The summed E-state index contributed by atoms with van der Waals surface area (Å²) in [5.74, 6) is 2.36. The highest BCUT2D eigenvalue weighted by molar-refractivity contribution is 5.67.